The summed E-state index contributed by atoms with van der Waals surface area (Å²) < 4.78 is 9.42. The van der Waals surface area contributed by atoms with Crippen molar-refractivity contribution in [3.63, 3.8) is 0 Å². The zero-order valence-corrected chi connectivity index (χ0v) is 8.12. The molecule has 0 fully saturated rings. The van der Waals surface area contributed by atoms with E-state index in [1.807, 2.05) is 0 Å². The molecule has 0 aliphatic heterocycles. The van der Waals surface area contributed by atoms with Crippen molar-refractivity contribution in [1.29, 1.82) is 0 Å². The van der Waals surface area contributed by atoms with Gasteiger partial charge in [-0.1, -0.05) is 6.58 Å². The third kappa shape index (κ3) is 4.30. The lowest BCUT2D eigenvalue weighted by Crippen LogP contribution is -2.21. The lowest BCUT2D eigenvalue weighted by molar-refractivity contribution is -0.146. The smallest absolute Gasteiger partial charge is 0.337 e. The Bertz CT molecular complexity index is 220. The Labute approximate surface area is 77.5 Å². The predicted molar refractivity (Wildman–Crippen MR) is 47.0 cm³/mol. The summed E-state index contributed by atoms with van der Waals surface area (Å²) in [5, 5.41) is 0. The maximum Gasteiger partial charge on any atom is 0.337 e. The van der Waals surface area contributed by atoms with Crippen LogP contribution in [0, 0.1) is 0 Å². The molecule has 0 saturated heterocycles. The molecule has 0 unspecified atom stereocenters. The van der Waals surface area contributed by atoms with Gasteiger partial charge in [0.05, 0.1) is 12.2 Å². The molecule has 0 N–H and O–H groups in total. The zero-order chi connectivity index (χ0) is 10.4. The fourth-order valence-corrected chi connectivity index (χ4v) is 0.710. The van der Waals surface area contributed by atoms with Gasteiger partial charge in [-0.15, -0.1) is 0 Å². The molecule has 0 aliphatic rings. The molecule has 0 aromatic carbocycles. The van der Waals surface area contributed by atoms with E-state index in [0.29, 0.717) is 0 Å². The normalized spacial score (nSPS) is 11.6. The largest absolute Gasteiger partial charge is 0.463 e. The van der Waals surface area contributed by atoms with Gasteiger partial charge in [0.1, 0.15) is 6.10 Å². The van der Waals surface area contributed by atoms with Crippen LogP contribution in [0.2, 0.25) is 0 Å². The van der Waals surface area contributed by atoms with Gasteiger partial charge in [-0.3, -0.25) is 4.79 Å². The molecule has 0 heterocycles. The van der Waals surface area contributed by atoms with Gasteiger partial charge < -0.3 is 9.47 Å². The van der Waals surface area contributed by atoms with Crippen molar-refractivity contribution >= 4 is 11.9 Å². The SMILES string of the molecule is C=C(C(=O)OCC)[C@H](C)OC(C)=O. The molecule has 0 rings (SSSR count). The molecule has 4 heteroatoms. The molecule has 1 atom stereocenters. The van der Waals surface area contributed by atoms with E-state index in [1.54, 1.807) is 13.8 Å². The number of esters is 2. The molecule has 0 bridgehead atoms. The highest BCUT2D eigenvalue weighted by Gasteiger charge is 2.17. The number of rotatable bonds is 4. The molecule has 0 amide bonds. The standard InChI is InChI=1S/C9H14O4/c1-5-12-9(11)6(2)7(3)13-8(4)10/h7H,2,5H2,1,3-4H3/t7-/m0/s1. The predicted octanol–water partition coefficient (Wildman–Crippen LogP) is 1.06. The van der Waals surface area contributed by atoms with Gasteiger partial charge >= 0.3 is 11.9 Å². The average molecular weight is 186 g/mol. The topological polar surface area (TPSA) is 52.6 Å². The zero-order valence-electron chi connectivity index (χ0n) is 8.12. The van der Waals surface area contributed by atoms with Gasteiger partial charge in [-0.25, -0.2) is 4.79 Å². The van der Waals surface area contributed by atoms with Gasteiger partial charge in [0.2, 0.25) is 0 Å². The summed E-state index contributed by atoms with van der Waals surface area (Å²) in [6.07, 6.45) is -0.628. The maximum absolute atomic E-state index is 11.1. The van der Waals surface area contributed by atoms with E-state index in [1.165, 1.54) is 6.92 Å². The monoisotopic (exact) mass is 186 g/mol. The minimum Gasteiger partial charge on any atom is -0.463 e. The van der Waals surface area contributed by atoms with Gasteiger partial charge in [0.25, 0.3) is 0 Å². The first-order valence-electron chi connectivity index (χ1n) is 4.02. The summed E-state index contributed by atoms with van der Waals surface area (Å²) in [7, 11) is 0. The van der Waals surface area contributed by atoms with E-state index in [-0.39, 0.29) is 12.2 Å². The quantitative estimate of drug-likeness (QED) is 0.486. The van der Waals surface area contributed by atoms with Gasteiger partial charge in [0.15, 0.2) is 0 Å². The summed E-state index contributed by atoms with van der Waals surface area (Å²) in [6, 6.07) is 0. The lowest BCUT2D eigenvalue weighted by Gasteiger charge is -2.12. The fraction of sp³-hybridized carbons (Fsp3) is 0.556. The highest BCUT2D eigenvalue weighted by molar-refractivity contribution is 5.89. The highest BCUT2D eigenvalue weighted by atomic mass is 16.6. The van der Waals surface area contributed by atoms with E-state index >= 15 is 0 Å². The summed E-state index contributed by atoms with van der Waals surface area (Å²) >= 11 is 0. The van der Waals surface area contributed by atoms with E-state index in [9.17, 15) is 9.59 Å². The third-order valence-corrected chi connectivity index (χ3v) is 1.37. The Kier molecular flexibility index (Phi) is 4.80. The number of carbonyl (C=O) groups is 2. The Morgan fingerprint density at radius 3 is 2.38 bits per heavy atom. The Morgan fingerprint density at radius 2 is 2.00 bits per heavy atom. The summed E-state index contributed by atoms with van der Waals surface area (Å²) in [5.74, 6) is -0.978. The van der Waals surface area contributed by atoms with Crippen LogP contribution in [0.1, 0.15) is 20.8 Å². The minimum atomic E-state index is -0.628. The van der Waals surface area contributed by atoms with Crippen molar-refractivity contribution in [3.05, 3.63) is 12.2 Å². The van der Waals surface area contributed by atoms with E-state index in [0.717, 1.165) is 0 Å². The van der Waals surface area contributed by atoms with Crippen LogP contribution in [0.25, 0.3) is 0 Å². The Hall–Kier alpha value is -1.32. The summed E-state index contributed by atoms with van der Waals surface area (Å²) in [4.78, 5) is 21.6. The molecule has 0 spiro atoms. The number of hydrogen-bond acceptors (Lipinski definition) is 4. The van der Waals surface area contributed by atoms with E-state index < -0.39 is 18.0 Å². The summed E-state index contributed by atoms with van der Waals surface area (Å²) in [5.41, 5.74) is 0.150. The Balaban J connectivity index is 4.09. The van der Waals surface area contributed by atoms with Gasteiger partial charge in [-0.05, 0) is 13.8 Å². The van der Waals surface area contributed by atoms with Crippen molar-refractivity contribution in [3.8, 4) is 0 Å². The van der Waals surface area contributed by atoms with Crippen LogP contribution in [0.5, 0.6) is 0 Å². The third-order valence-electron chi connectivity index (χ3n) is 1.37. The van der Waals surface area contributed by atoms with Crippen LogP contribution in [-0.4, -0.2) is 24.6 Å². The molecule has 4 nitrogen and oxygen atoms in total. The first kappa shape index (κ1) is 11.7. The second-order valence-electron chi connectivity index (χ2n) is 2.50. The average Bonchev–Trinajstić information content (AvgIpc) is 2.02. The van der Waals surface area contributed by atoms with Crippen molar-refractivity contribution in [2.45, 2.75) is 26.9 Å². The summed E-state index contributed by atoms with van der Waals surface area (Å²) in [6.45, 7) is 8.30. The van der Waals surface area contributed by atoms with Crippen LogP contribution < -0.4 is 0 Å². The van der Waals surface area contributed by atoms with Crippen LogP contribution >= 0.6 is 0 Å². The highest BCUT2D eigenvalue weighted by Crippen LogP contribution is 2.06. The maximum atomic E-state index is 11.1. The van der Waals surface area contributed by atoms with Crippen molar-refractivity contribution < 1.29 is 19.1 Å². The van der Waals surface area contributed by atoms with E-state index in [4.69, 9.17) is 4.74 Å². The van der Waals surface area contributed by atoms with Crippen molar-refractivity contribution in [1.82, 2.24) is 0 Å². The number of hydrogen-bond donors (Lipinski definition) is 0. The van der Waals surface area contributed by atoms with E-state index in [2.05, 4.69) is 11.3 Å². The van der Waals surface area contributed by atoms with Gasteiger partial charge in [0, 0.05) is 6.92 Å². The fourth-order valence-electron chi connectivity index (χ4n) is 0.710. The molecule has 74 valence electrons. The molecule has 0 aromatic rings. The molecule has 0 aromatic heterocycles. The van der Waals surface area contributed by atoms with Crippen LogP contribution in [-0.2, 0) is 19.1 Å². The molecule has 13 heavy (non-hydrogen) atoms. The number of carbonyl (C=O) groups excluding carboxylic acids is 2. The molecular formula is C9H14O4. The Morgan fingerprint density at radius 1 is 1.46 bits per heavy atom. The van der Waals surface area contributed by atoms with Crippen molar-refractivity contribution in [2.24, 2.45) is 0 Å². The first-order chi connectivity index (χ1) is 5.99. The number of ether oxygens (including phenoxy) is 2. The van der Waals surface area contributed by atoms with Crippen molar-refractivity contribution in [2.75, 3.05) is 6.61 Å². The second kappa shape index (κ2) is 5.35. The minimum absolute atomic E-state index is 0.150. The van der Waals surface area contributed by atoms with Crippen LogP contribution in [0.15, 0.2) is 12.2 Å². The second-order valence-corrected chi connectivity index (χ2v) is 2.50. The molecule has 0 saturated carbocycles. The molecule has 0 radical (unpaired) electrons. The van der Waals surface area contributed by atoms with Gasteiger partial charge in [-0.2, -0.15) is 0 Å². The molecular weight excluding hydrogens is 172 g/mol. The first-order valence-corrected chi connectivity index (χ1v) is 4.02. The lowest BCUT2D eigenvalue weighted by atomic mass is 10.2. The van der Waals surface area contributed by atoms with Crippen LogP contribution in [0.3, 0.4) is 0 Å². The molecule has 0 aliphatic carbocycles. The van der Waals surface area contributed by atoms with Crippen LogP contribution in [0.4, 0.5) is 0 Å².